The minimum Gasteiger partial charge on any atom is -0.478 e. The first kappa shape index (κ1) is 10.2. The number of carboxylic acids is 1. The molecule has 0 aliphatic heterocycles. The molecule has 5 nitrogen and oxygen atoms in total. The number of ether oxygens (including phenoxy) is 1. The molecule has 0 radical (unpaired) electrons. The zero-order chi connectivity index (χ0) is 10.6. The highest BCUT2D eigenvalue weighted by atomic mass is 16.5. The summed E-state index contributed by atoms with van der Waals surface area (Å²) in [7, 11) is 0. The van der Waals surface area contributed by atoms with E-state index in [1.807, 2.05) is 0 Å². The molecule has 0 bridgehead atoms. The first-order valence-electron chi connectivity index (χ1n) is 4.01. The lowest BCUT2D eigenvalue weighted by molar-refractivity contribution is 0.0518. The molecule has 0 atom stereocenters. The van der Waals surface area contributed by atoms with Gasteiger partial charge in [-0.25, -0.2) is 14.6 Å². The molecule has 0 amide bonds. The lowest BCUT2D eigenvalue weighted by Crippen LogP contribution is -2.08. The topological polar surface area (TPSA) is 76.5 Å². The quantitative estimate of drug-likeness (QED) is 0.727. The number of carbonyl (C=O) groups is 2. The molecule has 0 fully saturated rings. The SMILES string of the molecule is CCOC(=O)c1ccc(C(=O)O)cn1. The molecule has 0 aliphatic rings. The fourth-order valence-corrected chi connectivity index (χ4v) is 0.846. The first-order valence-corrected chi connectivity index (χ1v) is 4.01. The summed E-state index contributed by atoms with van der Waals surface area (Å²) < 4.78 is 4.68. The van der Waals surface area contributed by atoms with Crippen LogP contribution in [0.3, 0.4) is 0 Å². The maximum Gasteiger partial charge on any atom is 0.356 e. The van der Waals surface area contributed by atoms with Gasteiger partial charge in [0, 0.05) is 6.20 Å². The number of aromatic carboxylic acids is 1. The van der Waals surface area contributed by atoms with E-state index in [4.69, 9.17) is 5.11 Å². The van der Waals surface area contributed by atoms with Crippen molar-refractivity contribution in [2.24, 2.45) is 0 Å². The lowest BCUT2D eigenvalue weighted by Gasteiger charge is -2.00. The van der Waals surface area contributed by atoms with Gasteiger partial charge in [0.05, 0.1) is 12.2 Å². The highest BCUT2D eigenvalue weighted by Gasteiger charge is 2.09. The Balaban J connectivity index is 2.83. The average molecular weight is 195 g/mol. The summed E-state index contributed by atoms with van der Waals surface area (Å²) in [6.07, 6.45) is 1.12. The minimum atomic E-state index is -1.08. The first-order chi connectivity index (χ1) is 6.65. The molecule has 1 N–H and O–H groups in total. The Morgan fingerprint density at radius 1 is 1.50 bits per heavy atom. The smallest absolute Gasteiger partial charge is 0.356 e. The van der Waals surface area contributed by atoms with Crippen LogP contribution in [0.15, 0.2) is 18.3 Å². The zero-order valence-corrected chi connectivity index (χ0v) is 7.56. The van der Waals surface area contributed by atoms with Crippen molar-refractivity contribution >= 4 is 11.9 Å². The van der Waals surface area contributed by atoms with Crippen LogP contribution in [0.25, 0.3) is 0 Å². The van der Waals surface area contributed by atoms with Crippen LogP contribution in [0, 0.1) is 0 Å². The van der Waals surface area contributed by atoms with Crippen LogP contribution in [0.2, 0.25) is 0 Å². The molecule has 0 saturated carbocycles. The average Bonchev–Trinajstić information content (AvgIpc) is 2.18. The molecule has 0 spiro atoms. The Kier molecular flexibility index (Phi) is 3.17. The second kappa shape index (κ2) is 4.36. The second-order valence-corrected chi connectivity index (χ2v) is 2.46. The number of nitrogens with zero attached hydrogens (tertiary/aromatic N) is 1. The normalized spacial score (nSPS) is 9.50. The van der Waals surface area contributed by atoms with Gasteiger partial charge in [-0.3, -0.25) is 0 Å². The van der Waals surface area contributed by atoms with E-state index in [0.717, 1.165) is 6.20 Å². The molecule has 1 heterocycles. The van der Waals surface area contributed by atoms with Crippen molar-refractivity contribution in [3.63, 3.8) is 0 Å². The van der Waals surface area contributed by atoms with E-state index in [1.54, 1.807) is 6.92 Å². The third kappa shape index (κ3) is 2.29. The maximum absolute atomic E-state index is 11.1. The van der Waals surface area contributed by atoms with Gasteiger partial charge in [-0.1, -0.05) is 0 Å². The van der Waals surface area contributed by atoms with Crippen molar-refractivity contribution in [2.45, 2.75) is 6.92 Å². The van der Waals surface area contributed by atoms with Crippen molar-refractivity contribution in [3.8, 4) is 0 Å². The predicted molar refractivity (Wildman–Crippen MR) is 47.2 cm³/mol. The number of carbonyl (C=O) groups excluding carboxylic acids is 1. The largest absolute Gasteiger partial charge is 0.478 e. The molecule has 0 aliphatic carbocycles. The van der Waals surface area contributed by atoms with E-state index in [-0.39, 0.29) is 17.9 Å². The predicted octanol–water partition coefficient (Wildman–Crippen LogP) is 0.956. The maximum atomic E-state index is 11.1. The van der Waals surface area contributed by atoms with E-state index in [0.29, 0.717) is 0 Å². The number of esters is 1. The second-order valence-electron chi connectivity index (χ2n) is 2.46. The Hall–Kier alpha value is -1.91. The zero-order valence-electron chi connectivity index (χ0n) is 7.56. The highest BCUT2D eigenvalue weighted by Crippen LogP contribution is 2.01. The molecule has 5 heteroatoms. The minimum absolute atomic E-state index is 0.0399. The molecular formula is C9H9NO4. The third-order valence-corrected chi connectivity index (χ3v) is 1.50. The molecule has 0 saturated heterocycles. The Bertz CT molecular complexity index is 344. The molecular weight excluding hydrogens is 186 g/mol. The summed E-state index contributed by atoms with van der Waals surface area (Å²) in [5, 5.41) is 8.56. The van der Waals surface area contributed by atoms with Gasteiger partial charge in [-0.15, -0.1) is 0 Å². The molecule has 0 aromatic carbocycles. The van der Waals surface area contributed by atoms with Gasteiger partial charge in [0.15, 0.2) is 0 Å². The van der Waals surface area contributed by atoms with Crippen molar-refractivity contribution in [1.29, 1.82) is 0 Å². The Morgan fingerprint density at radius 2 is 2.21 bits per heavy atom. The fraction of sp³-hybridized carbons (Fsp3) is 0.222. The van der Waals surface area contributed by atoms with Crippen molar-refractivity contribution < 1.29 is 19.4 Å². The van der Waals surface area contributed by atoms with E-state index >= 15 is 0 Å². The van der Waals surface area contributed by atoms with Gasteiger partial charge in [0.2, 0.25) is 0 Å². The van der Waals surface area contributed by atoms with Crippen LogP contribution in [-0.2, 0) is 4.74 Å². The summed E-state index contributed by atoms with van der Waals surface area (Å²) in [5.41, 5.74) is 0.148. The van der Waals surface area contributed by atoms with Crippen LogP contribution in [0.4, 0.5) is 0 Å². The van der Waals surface area contributed by atoms with Crippen LogP contribution in [0.1, 0.15) is 27.8 Å². The number of rotatable bonds is 3. The van der Waals surface area contributed by atoms with Crippen LogP contribution in [0.5, 0.6) is 0 Å². The summed E-state index contributed by atoms with van der Waals surface area (Å²) in [4.78, 5) is 25.2. The van der Waals surface area contributed by atoms with Crippen LogP contribution >= 0.6 is 0 Å². The van der Waals surface area contributed by atoms with Gasteiger partial charge in [0.1, 0.15) is 5.69 Å². The molecule has 1 rings (SSSR count). The summed E-state index contributed by atoms with van der Waals surface area (Å²) in [6, 6.07) is 2.63. The summed E-state index contributed by atoms with van der Waals surface area (Å²) in [6.45, 7) is 1.95. The number of pyridine rings is 1. The molecule has 0 unspecified atom stereocenters. The summed E-state index contributed by atoms with van der Waals surface area (Å²) >= 11 is 0. The Labute approximate surface area is 80.3 Å². The Morgan fingerprint density at radius 3 is 2.64 bits per heavy atom. The van der Waals surface area contributed by atoms with E-state index in [2.05, 4.69) is 9.72 Å². The van der Waals surface area contributed by atoms with Gasteiger partial charge in [-0.2, -0.15) is 0 Å². The number of hydrogen-bond donors (Lipinski definition) is 1. The van der Waals surface area contributed by atoms with E-state index < -0.39 is 11.9 Å². The van der Waals surface area contributed by atoms with Gasteiger partial charge in [-0.05, 0) is 19.1 Å². The fourth-order valence-electron chi connectivity index (χ4n) is 0.846. The standard InChI is InChI=1S/C9H9NO4/c1-2-14-9(13)7-4-3-6(5-10-7)8(11)12/h3-5H,2H2,1H3,(H,11,12). The molecule has 1 aromatic rings. The number of hydrogen-bond acceptors (Lipinski definition) is 4. The highest BCUT2D eigenvalue weighted by molar-refractivity contribution is 5.90. The van der Waals surface area contributed by atoms with Crippen molar-refractivity contribution in [1.82, 2.24) is 4.98 Å². The van der Waals surface area contributed by atoms with Gasteiger partial charge >= 0.3 is 11.9 Å². The molecule has 14 heavy (non-hydrogen) atoms. The van der Waals surface area contributed by atoms with Crippen LogP contribution < -0.4 is 0 Å². The molecule has 1 aromatic heterocycles. The summed E-state index contributed by atoms with van der Waals surface area (Å²) in [5.74, 6) is -1.63. The molecule has 74 valence electrons. The van der Waals surface area contributed by atoms with Gasteiger partial charge in [0.25, 0.3) is 0 Å². The lowest BCUT2D eigenvalue weighted by atomic mass is 10.2. The number of carboxylic acid groups (broad SMARTS) is 1. The van der Waals surface area contributed by atoms with Gasteiger partial charge < -0.3 is 9.84 Å². The number of aromatic nitrogens is 1. The van der Waals surface area contributed by atoms with Crippen LogP contribution in [-0.4, -0.2) is 28.6 Å². The van der Waals surface area contributed by atoms with Crippen molar-refractivity contribution in [2.75, 3.05) is 6.61 Å². The van der Waals surface area contributed by atoms with E-state index in [1.165, 1.54) is 12.1 Å². The monoisotopic (exact) mass is 195 g/mol. The van der Waals surface area contributed by atoms with Crippen molar-refractivity contribution in [3.05, 3.63) is 29.6 Å². The van der Waals surface area contributed by atoms with E-state index in [9.17, 15) is 9.59 Å². The third-order valence-electron chi connectivity index (χ3n) is 1.50.